The maximum absolute atomic E-state index is 10.7. The molecule has 10 heavy (non-hydrogen) atoms. The smallest absolute Gasteiger partial charge is 0.307 e. The minimum Gasteiger partial charge on any atom is -0.469 e. The number of hydrogen-bond donors (Lipinski definition) is 0. The molecule has 0 heterocycles. The van der Waals surface area contributed by atoms with Crippen molar-refractivity contribution in [3.8, 4) is 12.3 Å². The van der Waals surface area contributed by atoms with Crippen molar-refractivity contribution >= 4 is 5.97 Å². The summed E-state index contributed by atoms with van der Waals surface area (Å²) in [6.45, 7) is 0. The summed E-state index contributed by atoms with van der Waals surface area (Å²) in [6.07, 6.45) is 7.54. The quantitative estimate of drug-likeness (QED) is 0.419. The van der Waals surface area contributed by atoms with Gasteiger partial charge in [0.2, 0.25) is 0 Å². The molecule has 0 aromatic heterocycles. The Kier molecular flexibility index (Phi) is 1.67. The molecule has 1 saturated carbocycles. The zero-order valence-corrected chi connectivity index (χ0v) is 6.02. The Bertz CT molecular complexity index is 184. The van der Waals surface area contributed by atoms with E-state index in [1.807, 2.05) is 0 Å². The van der Waals surface area contributed by atoms with Gasteiger partial charge >= 0.3 is 5.97 Å². The van der Waals surface area contributed by atoms with Crippen molar-refractivity contribution in [2.75, 3.05) is 7.11 Å². The van der Waals surface area contributed by atoms with Gasteiger partial charge < -0.3 is 4.74 Å². The number of ether oxygens (including phenoxy) is 1. The van der Waals surface area contributed by atoms with Crippen LogP contribution in [0.25, 0.3) is 0 Å². The highest BCUT2D eigenvalue weighted by molar-refractivity contribution is 5.71. The van der Waals surface area contributed by atoms with Crippen molar-refractivity contribution in [3.63, 3.8) is 0 Å². The summed E-state index contributed by atoms with van der Waals surface area (Å²) in [5.74, 6) is 2.42. The lowest BCUT2D eigenvalue weighted by Crippen LogP contribution is -2.08. The Morgan fingerprint density at radius 1 is 1.80 bits per heavy atom. The van der Waals surface area contributed by atoms with Crippen LogP contribution in [0.1, 0.15) is 19.3 Å². The van der Waals surface area contributed by atoms with E-state index >= 15 is 0 Å². The molecule has 1 aliphatic carbocycles. The number of rotatable bonds is 2. The highest BCUT2D eigenvalue weighted by Crippen LogP contribution is 2.48. The number of methoxy groups -OCH3 is 1. The Balaban J connectivity index is 2.40. The lowest BCUT2D eigenvalue weighted by Gasteiger charge is -2.03. The normalized spacial score (nSPS) is 19.2. The highest BCUT2D eigenvalue weighted by Gasteiger charge is 2.42. The van der Waals surface area contributed by atoms with E-state index in [0.29, 0.717) is 6.42 Å². The second-order valence-corrected chi connectivity index (χ2v) is 2.68. The summed E-state index contributed by atoms with van der Waals surface area (Å²) in [5.41, 5.74) is -0.132. The Hall–Kier alpha value is -0.970. The topological polar surface area (TPSA) is 26.3 Å². The molecular formula is C8H10O2. The van der Waals surface area contributed by atoms with Gasteiger partial charge in [0.1, 0.15) is 0 Å². The summed E-state index contributed by atoms with van der Waals surface area (Å²) in [4.78, 5) is 10.7. The van der Waals surface area contributed by atoms with Crippen molar-refractivity contribution in [2.45, 2.75) is 19.3 Å². The molecule has 0 spiro atoms. The van der Waals surface area contributed by atoms with Crippen LogP contribution < -0.4 is 0 Å². The summed E-state index contributed by atoms with van der Waals surface area (Å²) < 4.78 is 4.49. The van der Waals surface area contributed by atoms with Crippen LogP contribution >= 0.6 is 0 Å². The monoisotopic (exact) mass is 138 g/mol. The molecule has 0 aliphatic heterocycles. The van der Waals surface area contributed by atoms with E-state index in [1.54, 1.807) is 0 Å². The highest BCUT2D eigenvalue weighted by atomic mass is 16.5. The average Bonchev–Trinajstić information content (AvgIpc) is 2.70. The van der Waals surface area contributed by atoms with Crippen molar-refractivity contribution in [1.82, 2.24) is 0 Å². The van der Waals surface area contributed by atoms with Gasteiger partial charge in [-0.3, -0.25) is 4.79 Å². The first-order valence-corrected chi connectivity index (χ1v) is 3.27. The van der Waals surface area contributed by atoms with E-state index in [9.17, 15) is 4.79 Å². The molecule has 2 heteroatoms. The molecule has 0 atom stereocenters. The molecule has 0 aromatic rings. The lowest BCUT2D eigenvalue weighted by atomic mass is 10.1. The molecule has 0 radical (unpaired) electrons. The molecule has 1 rings (SSSR count). The van der Waals surface area contributed by atoms with E-state index in [0.717, 1.165) is 12.8 Å². The van der Waals surface area contributed by atoms with E-state index in [2.05, 4.69) is 10.7 Å². The zero-order chi connectivity index (χ0) is 7.61. The molecule has 0 N–H and O–H groups in total. The number of carbonyl (C=O) groups is 1. The van der Waals surface area contributed by atoms with E-state index in [1.165, 1.54) is 7.11 Å². The zero-order valence-electron chi connectivity index (χ0n) is 6.02. The SMILES string of the molecule is C#CC1(CC(=O)OC)CC1. The van der Waals surface area contributed by atoms with Crippen LogP contribution in [-0.2, 0) is 9.53 Å². The standard InChI is InChI=1S/C8H10O2/c1-3-8(4-5-8)6-7(9)10-2/h1H,4-6H2,2H3. The van der Waals surface area contributed by atoms with E-state index < -0.39 is 0 Å². The molecule has 0 amide bonds. The summed E-state index contributed by atoms with van der Waals surface area (Å²) in [5, 5.41) is 0. The number of terminal acetylenes is 1. The van der Waals surface area contributed by atoms with Gasteiger partial charge in [-0.2, -0.15) is 0 Å². The van der Waals surface area contributed by atoms with Gasteiger partial charge in [0.05, 0.1) is 13.5 Å². The molecule has 1 fully saturated rings. The molecule has 0 unspecified atom stereocenters. The second kappa shape index (κ2) is 2.34. The first kappa shape index (κ1) is 7.14. The van der Waals surface area contributed by atoms with Gasteiger partial charge in [0.25, 0.3) is 0 Å². The van der Waals surface area contributed by atoms with E-state index in [4.69, 9.17) is 6.42 Å². The van der Waals surface area contributed by atoms with Crippen LogP contribution in [0, 0.1) is 17.8 Å². The van der Waals surface area contributed by atoms with Crippen LogP contribution in [0.3, 0.4) is 0 Å². The first-order valence-electron chi connectivity index (χ1n) is 3.27. The predicted octanol–water partition coefficient (Wildman–Crippen LogP) is 0.963. The molecule has 54 valence electrons. The number of hydrogen-bond acceptors (Lipinski definition) is 2. The molecule has 0 saturated heterocycles. The fourth-order valence-corrected chi connectivity index (χ4v) is 0.871. The minimum atomic E-state index is -0.199. The second-order valence-electron chi connectivity index (χ2n) is 2.68. The first-order chi connectivity index (χ1) is 4.72. The molecular weight excluding hydrogens is 128 g/mol. The van der Waals surface area contributed by atoms with Crippen LogP contribution in [0.15, 0.2) is 0 Å². The van der Waals surface area contributed by atoms with Gasteiger partial charge in [-0.25, -0.2) is 0 Å². The number of carbonyl (C=O) groups excluding carboxylic acids is 1. The third-order valence-electron chi connectivity index (χ3n) is 1.87. The summed E-state index contributed by atoms with van der Waals surface area (Å²) in [7, 11) is 1.38. The van der Waals surface area contributed by atoms with Crippen molar-refractivity contribution in [3.05, 3.63) is 0 Å². The Labute approximate surface area is 60.6 Å². The van der Waals surface area contributed by atoms with Crippen LogP contribution in [0.2, 0.25) is 0 Å². The van der Waals surface area contributed by atoms with Crippen LogP contribution in [0.4, 0.5) is 0 Å². The van der Waals surface area contributed by atoms with Crippen molar-refractivity contribution < 1.29 is 9.53 Å². The molecule has 0 aromatic carbocycles. The van der Waals surface area contributed by atoms with Crippen molar-refractivity contribution in [1.29, 1.82) is 0 Å². The van der Waals surface area contributed by atoms with Crippen LogP contribution in [0.5, 0.6) is 0 Å². The fourth-order valence-electron chi connectivity index (χ4n) is 0.871. The molecule has 2 nitrogen and oxygen atoms in total. The van der Waals surface area contributed by atoms with Crippen molar-refractivity contribution in [2.24, 2.45) is 5.41 Å². The van der Waals surface area contributed by atoms with Gasteiger partial charge in [-0.1, -0.05) is 5.92 Å². The maximum Gasteiger partial charge on any atom is 0.307 e. The lowest BCUT2D eigenvalue weighted by molar-refractivity contribution is -0.141. The summed E-state index contributed by atoms with van der Waals surface area (Å²) in [6, 6.07) is 0. The van der Waals surface area contributed by atoms with Gasteiger partial charge in [0.15, 0.2) is 0 Å². The summed E-state index contributed by atoms with van der Waals surface area (Å²) >= 11 is 0. The minimum absolute atomic E-state index is 0.132. The Morgan fingerprint density at radius 3 is 2.70 bits per heavy atom. The van der Waals surface area contributed by atoms with E-state index in [-0.39, 0.29) is 11.4 Å². The van der Waals surface area contributed by atoms with Gasteiger partial charge in [-0.05, 0) is 12.8 Å². The average molecular weight is 138 g/mol. The Morgan fingerprint density at radius 2 is 2.40 bits per heavy atom. The third kappa shape index (κ3) is 1.30. The largest absolute Gasteiger partial charge is 0.469 e. The van der Waals surface area contributed by atoms with Gasteiger partial charge in [-0.15, -0.1) is 6.42 Å². The fraction of sp³-hybridized carbons (Fsp3) is 0.625. The third-order valence-corrected chi connectivity index (χ3v) is 1.87. The molecule has 1 aliphatic rings. The van der Waals surface area contributed by atoms with Gasteiger partial charge in [0, 0.05) is 5.41 Å². The predicted molar refractivity (Wildman–Crippen MR) is 37.1 cm³/mol. The molecule has 0 bridgehead atoms. The maximum atomic E-state index is 10.7. The number of esters is 1. The van der Waals surface area contributed by atoms with Crippen LogP contribution in [-0.4, -0.2) is 13.1 Å².